The lowest BCUT2D eigenvalue weighted by atomic mass is 9.79. The fourth-order valence-corrected chi connectivity index (χ4v) is 2.66. The van der Waals surface area contributed by atoms with E-state index in [0.29, 0.717) is 6.61 Å². The monoisotopic (exact) mass is 196 g/mol. The van der Waals surface area contributed by atoms with Crippen LogP contribution >= 0.6 is 0 Å². The van der Waals surface area contributed by atoms with Gasteiger partial charge in [0, 0.05) is 12.5 Å². The summed E-state index contributed by atoms with van der Waals surface area (Å²) in [5, 5.41) is 0. The molecule has 3 atom stereocenters. The number of methoxy groups -OCH3 is 1. The summed E-state index contributed by atoms with van der Waals surface area (Å²) in [5.74, 6) is -0.882. The molecular formula is C11H16O3. The third-order valence-corrected chi connectivity index (χ3v) is 3.54. The predicted molar refractivity (Wildman–Crippen MR) is 51.7 cm³/mol. The van der Waals surface area contributed by atoms with Crippen molar-refractivity contribution in [2.24, 2.45) is 11.3 Å². The van der Waals surface area contributed by atoms with E-state index < -0.39 is 5.79 Å². The molecule has 3 heteroatoms. The van der Waals surface area contributed by atoms with Gasteiger partial charge >= 0.3 is 0 Å². The second-order valence-electron chi connectivity index (χ2n) is 4.33. The van der Waals surface area contributed by atoms with Crippen molar-refractivity contribution in [1.82, 2.24) is 0 Å². The lowest BCUT2D eigenvalue weighted by molar-refractivity contribution is -0.243. The largest absolute Gasteiger partial charge is 0.351 e. The van der Waals surface area contributed by atoms with E-state index in [9.17, 15) is 4.79 Å². The normalized spacial score (nSPS) is 45.5. The maximum atomic E-state index is 11.5. The number of rotatable bonds is 2. The van der Waals surface area contributed by atoms with Crippen molar-refractivity contribution >= 4 is 5.78 Å². The van der Waals surface area contributed by atoms with Crippen LogP contribution in [0.4, 0.5) is 0 Å². The first-order valence-electron chi connectivity index (χ1n) is 4.95. The Bertz CT molecular complexity index is 297. The van der Waals surface area contributed by atoms with Gasteiger partial charge in [0.15, 0.2) is 5.79 Å². The van der Waals surface area contributed by atoms with Gasteiger partial charge in [-0.05, 0) is 13.3 Å². The van der Waals surface area contributed by atoms with E-state index in [-0.39, 0.29) is 17.1 Å². The Kier molecular flexibility index (Phi) is 2.05. The van der Waals surface area contributed by atoms with Gasteiger partial charge in [-0.1, -0.05) is 19.1 Å². The van der Waals surface area contributed by atoms with Crippen molar-refractivity contribution in [2.45, 2.75) is 26.1 Å². The highest BCUT2D eigenvalue weighted by Crippen LogP contribution is 2.54. The summed E-state index contributed by atoms with van der Waals surface area (Å²) in [7, 11) is 1.62. The second-order valence-corrected chi connectivity index (χ2v) is 4.33. The van der Waals surface area contributed by atoms with Gasteiger partial charge in [-0.15, -0.1) is 0 Å². The Hall–Kier alpha value is -0.670. The van der Waals surface area contributed by atoms with E-state index in [0.717, 1.165) is 6.42 Å². The summed E-state index contributed by atoms with van der Waals surface area (Å²) in [6.07, 6.45) is 4.90. The van der Waals surface area contributed by atoms with Crippen LogP contribution in [0.2, 0.25) is 0 Å². The van der Waals surface area contributed by atoms with Gasteiger partial charge in [-0.3, -0.25) is 4.79 Å². The molecule has 1 fully saturated rings. The van der Waals surface area contributed by atoms with E-state index in [4.69, 9.17) is 9.47 Å². The number of hydrogen-bond donors (Lipinski definition) is 0. The predicted octanol–water partition coefficient (Wildman–Crippen LogP) is 1.53. The van der Waals surface area contributed by atoms with E-state index in [2.05, 4.69) is 13.0 Å². The molecule has 0 amide bonds. The average molecular weight is 196 g/mol. The number of carbonyl (C=O) groups is 1. The molecule has 0 bridgehead atoms. The molecule has 0 unspecified atom stereocenters. The van der Waals surface area contributed by atoms with Gasteiger partial charge in [0.1, 0.15) is 5.78 Å². The third kappa shape index (κ3) is 0.969. The van der Waals surface area contributed by atoms with Crippen molar-refractivity contribution in [1.29, 1.82) is 0 Å². The van der Waals surface area contributed by atoms with Crippen LogP contribution in [0.25, 0.3) is 0 Å². The van der Waals surface area contributed by atoms with Crippen LogP contribution in [0.5, 0.6) is 0 Å². The maximum absolute atomic E-state index is 11.5. The minimum atomic E-state index is -0.737. The maximum Gasteiger partial charge on any atom is 0.190 e. The zero-order valence-electron chi connectivity index (χ0n) is 8.87. The summed E-state index contributed by atoms with van der Waals surface area (Å²) in [4.78, 5) is 11.5. The molecule has 0 radical (unpaired) electrons. The fourth-order valence-electron chi connectivity index (χ4n) is 2.66. The molecule has 78 valence electrons. The zero-order valence-corrected chi connectivity index (χ0v) is 8.87. The van der Waals surface area contributed by atoms with Gasteiger partial charge in [0.05, 0.1) is 12.5 Å². The molecule has 0 spiro atoms. The van der Waals surface area contributed by atoms with Gasteiger partial charge in [-0.2, -0.15) is 0 Å². The summed E-state index contributed by atoms with van der Waals surface area (Å²) < 4.78 is 11.2. The van der Waals surface area contributed by atoms with E-state index in [1.807, 2.05) is 6.08 Å². The van der Waals surface area contributed by atoms with Gasteiger partial charge in [0.2, 0.25) is 0 Å². The SMILES string of the molecule is CO[C@]12OCC[C@@]1(C)C=C[C@@H]2C(C)=O. The standard InChI is InChI=1S/C11H16O3/c1-8(12)9-4-5-10(2)6-7-14-11(9,10)13-3/h4-5,9H,6-7H2,1-3H3/t9-,10-,11-/m1/s1. The summed E-state index contributed by atoms with van der Waals surface area (Å²) >= 11 is 0. The molecule has 3 nitrogen and oxygen atoms in total. The highest BCUT2D eigenvalue weighted by Gasteiger charge is 2.61. The minimum Gasteiger partial charge on any atom is -0.351 e. The summed E-state index contributed by atoms with van der Waals surface area (Å²) in [6.45, 7) is 4.34. The molecular weight excluding hydrogens is 180 g/mol. The molecule has 0 N–H and O–H groups in total. The quantitative estimate of drug-likeness (QED) is 0.628. The van der Waals surface area contributed by atoms with E-state index >= 15 is 0 Å². The molecule has 0 saturated carbocycles. The molecule has 1 aliphatic carbocycles. The second kappa shape index (κ2) is 2.91. The fraction of sp³-hybridized carbons (Fsp3) is 0.727. The highest BCUT2D eigenvalue weighted by atomic mass is 16.7. The number of carbonyl (C=O) groups excluding carboxylic acids is 1. The first kappa shape index (κ1) is 9.87. The van der Waals surface area contributed by atoms with Crippen LogP contribution < -0.4 is 0 Å². The van der Waals surface area contributed by atoms with Crippen LogP contribution in [0.3, 0.4) is 0 Å². The first-order valence-corrected chi connectivity index (χ1v) is 4.95. The average Bonchev–Trinajstić information content (AvgIpc) is 2.56. The van der Waals surface area contributed by atoms with Gasteiger partial charge in [0.25, 0.3) is 0 Å². The summed E-state index contributed by atoms with van der Waals surface area (Å²) in [6, 6.07) is 0. The minimum absolute atomic E-state index is 0.105. The lowest BCUT2D eigenvalue weighted by Gasteiger charge is -2.38. The van der Waals surface area contributed by atoms with Crippen molar-refractivity contribution in [3.8, 4) is 0 Å². The van der Waals surface area contributed by atoms with Crippen LogP contribution in [-0.2, 0) is 14.3 Å². The molecule has 2 aliphatic rings. The van der Waals surface area contributed by atoms with Gasteiger partial charge in [-0.25, -0.2) is 0 Å². The summed E-state index contributed by atoms with van der Waals surface area (Å²) in [5.41, 5.74) is -0.141. The van der Waals surface area contributed by atoms with Crippen LogP contribution in [-0.4, -0.2) is 25.3 Å². The van der Waals surface area contributed by atoms with E-state index in [1.54, 1.807) is 14.0 Å². The Balaban J connectivity index is 2.42. The Morgan fingerprint density at radius 1 is 1.64 bits per heavy atom. The number of hydrogen-bond acceptors (Lipinski definition) is 3. The lowest BCUT2D eigenvalue weighted by Crippen LogP contribution is -2.48. The van der Waals surface area contributed by atoms with Crippen molar-refractivity contribution in [3.05, 3.63) is 12.2 Å². The van der Waals surface area contributed by atoms with Crippen LogP contribution in [0, 0.1) is 11.3 Å². The molecule has 1 saturated heterocycles. The first-order chi connectivity index (χ1) is 6.56. The molecule has 0 aromatic carbocycles. The molecule has 14 heavy (non-hydrogen) atoms. The van der Waals surface area contributed by atoms with E-state index in [1.165, 1.54) is 0 Å². The number of fused-ring (bicyclic) bond motifs is 1. The zero-order chi connectivity index (χ0) is 10.4. The molecule has 0 aromatic heterocycles. The number of ether oxygens (including phenoxy) is 2. The Morgan fingerprint density at radius 3 is 2.93 bits per heavy atom. The molecule has 0 aromatic rings. The van der Waals surface area contributed by atoms with Crippen molar-refractivity contribution in [3.63, 3.8) is 0 Å². The Morgan fingerprint density at radius 2 is 2.36 bits per heavy atom. The van der Waals surface area contributed by atoms with Gasteiger partial charge < -0.3 is 9.47 Å². The van der Waals surface area contributed by atoms with Crippen LogP contribution in [0.1, 0.15) is 20.3 Å². The third-order valence-electron chi connectivity index (χ3n) is 3.54. The Labute approximate surface area is 84.1 Å². The number of ketones is 1. The smallest absolute Gasteiger partial charge is 0.190 e. The van der Waals surface area contributed by atoms with Crippen molar-refractivity contribution < 1.29 is 14.3 Å². The highest BCUT2D eigenvalue weighted by molar-refractivity contribution is 5.82. The topological polar surface area (TPSA) is 35.5 Å². The molecule has 1 heterocycles. The van der Waals surface area contributed by atoms with Crippen molar-refractivity contribution in [2.75, 3.05) is 13.7 Å². The molecule has 1 aliphatic heterocycles. The van der Waals surface area contributed by atoms with Crippen LogP contribution in [0.15, 0.2) is 12.2 Å². The number of Topliss-reactive ketones (excluding diaryl/α,β-unsaturated/α-hetero) is 1. The molecule has 2 rings (SSSR count).